The van der Waals surface area contributed by atoms with E-state index in [1.165, 1.54) is 122 Å². The molecular weight excluding hydrogens is 1310 g/mol. The van der Waals surface area contributed by atoms with Gasteiger partial charge in [0.15, 0.2) is 12.2 Å². The van der Waals surface area contributed by atoms with Gasteiger partial charge in [0.05, 0.1) is 26.4 Å². The fourth-order valence-corrected chi connectivity index (χ4v) is 12.8. The van der Waals surface area contributed by atoms with Crippen molar-refractivity contribution in [2.24, 2.45) is 0 Å². The topological polar surface area (TPSA) is 237 Å². The summed E-state index contributed by atoms with van der Waals surface area (Å²) in [6.45, 7) is 4.86. The summed E-state index contributed by atoms with van der Waals surface area (Å²) in [5.41, 5.74) is 0. The molecule has 0 fully saturated rings. The third kappa shape index (κ3) is 73.1. The lowest BCUT2D eigenvalue weighted by Crippen LogP contribution is -2.30. The predicted octanol–water partition coefficient (Wildman–Crippen LogP) is 23.5. The van der Waals surface area contributed by atoms with Crippen LogP contribution >= 0.6 is 15.6 Å². The van der Waals surface area contributed by atoms with Crippen LogP contribution in [0, 0.1) is 0 Å². The molecule has 0 aliphatic heterocycles. The SMILES string of the molecule is CCCCC/C=C\C/C=C\CCCCCCCC(=O)O[C@H](COC(=O)CCCCCCC/C=C\CCCCCCCC)COP(=O)(O)OC[C@@H](O)COP(=O)(O)OC[C@@H](COC(=O)CCCCCCCCC/C=C\CCCCCC)OC(=O)CCCCCCCCC/C=C\CCCCCC. The van der Waals surface area contributed by atoms with Crippen molar-refractivity contribution < 1.29 is 80.2 Å². The Morgan fingerprint density at radius 1 is 0.280 bits per heavy atom. The minimum Gasteiger partial charge on any atom is -0.462 e. The monoisotopic (exact) mass is 1460 g/mol. The van der Waals surface area contributed by atoms with E-state index in [2.05, 4.69) is 88.5 Å². The Bertz CT molecular complexity index is 2130. The Kier molecular flexibility index (Phi) is 71.6. The number of rotatable bonds is 77. The molecule has 0 radical (unpaired) electrons. The first-order valence-electron chi connectivity index (χ1n) is 40.5. The standard InChI is InChI=1S/C81H148O17P2/c1-5-9-13-17-21-25-29-33-37-41-45-49-53-57-61-65-78(83)91-71-76(97-80(85)67-63-59-55-51-47-43-39-35-31-27-23-19-15-11-7-3)73-95-99(87,88)93-69-75(82)70-94-100(89,90)96-74-77(98-81(86)68-64-60-56-52-48-44-40-36-32-28-24-20-16-12-8-4)72-92-79(84)66-62-58-54-50-46-42-38-34-30-26-22-18-14-10-6-2/h23,26-28,30,32-33,35,37,39,75-77,82H,5-22,24-25,29,31,34,36,38,40-74H2,1-4H3,(H,87,88)(H,89,90)/b27-23-,30-26-,32-28-,37-33-,39-35-/t75-,76-,77-/m1/s1. The third-order valence-electron chi connectivity index (χ3n) is 17.4. The Labute approximate surface area is 610 Å². The smallest absolute Gasteiger partial charge is 0.462 e. The summed E-state index contributed by atoms with van der Waals surface area (Å²) in [7, 11) is -9.95. The number of ether oxygens (including phenoxy) is 4. The molecule has 0 aromatic carbocycles. The molecule has 0 saturated carbocycles. The number of hydrogen-bond donors (Lipinski definition) is 3. The molecule has 0 aromatic rings. The Morgan fingerprint density at radius 3 is 0.780 bits per heavy atom. The van der Waals surface area contributed by atoms with Crippen molar-refractivity contribution in [1.29, 1.82) is 0 Å². The first kappa shape index (κ1) is 96.8. The van der Waals surface area contributed by atoms with Crippen LogP contribution < -0.4 is 0 Å². The normalized spacial score (nSPS) is 14.2. The molecule has 19 heteroatoms. The van der Waals surface area contributed by atoms with E-state index in [1.54, 1.807) is 0 Å². The number of phosphoric ester groups is 2. The highest BCUT2D eigenvalue weighted by Gasteiger charge is 2.30. The van der Waals surface area contributed by atoms with Crippen LogP contribution in [-0.2, 0) is 65.4 Å². The predicted molar refractivity (Wildman–Crippen MR) is 409 cm³/mol. The van der Waals surface area contributed by atoms with Crippen molar-refractivity contribution in [3.8, 4) is 0 Å². The molecule has 0 bridgehead atoms. The number of unbranched alkanes of at least 4 members (excludes halogenated alkanes) is 41. The van der Waals surface area contributed by atoms with Crippen molar-refractivity contribution in [1.82, 2.24) is 0 Å². The number of phosphoric acid groups is 2. The maximum atomic E-state index is 13.1. The zero-order valence-corrected chi connectivity index (χ0v) is 65.7. The number of carbonyl (C=O) groups is 4. The molecule has 0 amide bonds. The fraction of sp³-hybridized carbons (Fsp3) is 0.827. The molecule has 584 valence electrons. The molecule has 3 N–H and O–H groups in total. The average molecular weight is 1460 g/mol. The first-order chi connectivity index (χ1) is 48.7. The Hall–Kier alpha value is -3.24. The van der Waals surface area contributed by atoms with Gasteiger partial charge in [-0.1, -0.05) is 275 Å². The van der Waals surface area contributed by atoms with E-state index in [-0.39, 0.29) is 25.7 Å². The van der Waals surface area contributed by atoms with Gasteiger partial charge in [0.2, 0.25) is 0 Å². The first-order valence-corrected chi connectivity index (χ1v) is 43.5. The maximum absolute atomic E-state index is 13.1. The Balaban J connectivity index is 5.35. The molecule has 0 spiro atoms. The van der Waals surface area contributed by atoms with Crippen molar-refractivity contribution in [2.75, 3.05) is 39.6 Å². The molecule has 5 atom stereocenters. The van der Waals surface area contributed by atoms with Crippen molar-refractivity contribution in [3.63, 3.8) is 0 Å². The number of esters is 4. The van der Waals surface area contributed by atoms with E-state index < -0.39 is 97.5 Å². The van der Waals surface area contributed by atoms with Gasteiger partial charge >= 0.3 is 39.5 Å². The van der Waals surface area contributed by atoms with Gasteiger partial charge in [-0.05, 0) is 135 Å². The summed E-state index contributed by atoms with van der Waals surface area (Å²) in [5, 5.41) is 10.6. The highest BCUT2D eigenvalue weighted by Crippen LogP contribution is 2.45. The summed E-state index contributed by atoms with van der Waals surface area (Å²) >= 11 is 0. The molecule has 100 heavy (non-hydrogen) atoms. The Morgan fingerprint density at radius 2 is 0.490 bits per heavy atom. The van der Waals surface area contributed by atoms with Crippen molar-refractivity contribution >= 4 is 39.5 Å². The van der Waals surface area contributed by atoms with Crippen LogP contribution in [0.25, 0.3) is 0 Å². The van der Waals surface area contributed by atoms with Crippen LogP contribution in [0.5, 0.6) is 0 Å². The second-order valence-corrected chi connectivity index (χ2v) is 30.3. The van der Waals surface area contributed by atoms with Gasteiger partial charge in [-0.2, -0.15) is 0 Å². The molecule has 0 rings (SSSR count). The zero-order valence-electron chi connectivity index (χ0n) is 63.9. The second kappa shape index (κ2) is 74.0. The molecule has 0 saturated heterocycles. The number of hydrogen-bond acceptors (Lipinski definition) is 15. The quantitative estimate of drug-likeness (QED) is 0.0169. The lowest BCUT2D eigenvalue weighted by Gasteiger charge is -2.21. The van der Waals surface area contributed by atoms with Gasteiger partial charge in [0.1, 0.15) is 19.3 Å². The number of carbonyl (C=O) groups excluding carboxylic acids is 4. The zero-order chi connectivity index (χ0) is 73.2. The minimum absolute atomic E-state index is 0.0812. The van der Waals surface area contributed by atoms with E-state index >= 15 is 0 Å². The lowest BCUT2D eigenvalue weighted by molar-refractivity contribution is -0.161. The largest absolute Gasteiger partial charge is 0.472 e. The van der Waals surface area contributed by atoms with E-state index in [0.717, 1.165) is 173 Å². The summed E-state index contributed by atoms with van der Waals surface area (Å²) in [4.78, 5) is 73.0. The molecule has 17 nitrogen and oxygen atoms in total. The van der Waals surface area contributed by atoms with Crippen LogP contribution in [0.1, 0.15) is 374 Å². The van der Waals surface area contributed by atoms with E-state index in [0.29, 0.717) is 25.7 Å². The van der Waals surface area contributed by atoms with Gasteiger partial charge in [0.25, 0.3) is 0 Å². The van der Waals surface area contributed by atoms with Crippen molar-refractivity contribution in [2.45, 2.75) is 393 Å². The summed E-state index contributed by atoms with van der Waals surface area (Å²) in [6, 6.07) is 0. The summed E-state index contributed by atoms with van der Waals surface area (Å²) < 4.78 is 68.6. The fourth-order valence-electron chi connectivity index (χ4n) is 11.2. The van der Waals surface area contributed by atoms with Gasteiger partial charge in [-0.25, -0.2) is 9.13 Å². The van der Waals surface area contributed by atoms with Crippen LogP contribution in [0.2, 0.25) is 0 Å². The second-order valence-electron chi connectivity index (χ2n) is 27.3. The van der Waals surface area contributed by atoms with Crippen LogP contribution in [-0.4, -0.2) is 96.7 Å². The van der Waals surface area contributed by atoms with E-state index in [9.17, 15) is 43.2 Å². The molecule has 2 unspecified atom stereocenters. The van der Waals surface area contributed by atoms with Crippen LogP contribution in [0.3, 0.4) is 0 Å². The number of aliphatic hydroxyl groups excluding tert-OH is 1. The number of aliphatic hydroxyl groups is 1. The van der Waals surface area contributed by atoms with Gasteiger partial charge < -0.3 is 33.8 Å². The van der Waals surface area contributed by atoms with Gasteiger partial charge in [-0.15, -0.1) is 0 Å². The lowest BCUT2D eigenvalue weighted by atomic mass is 10.1. The van der Waals surface area contributed by atoms with E-state index in [4.69, 9.17) is 37.0 Å². The highest BCUT2D eigenvalue weighted by atomic mass is 31.2. The minimum atomic E-state index is -4.98. The highest BCUT2D eigenvalue weighted by molar-refractivity contribution is 7.47. The van der Waals surface area contributed by atoms with Crippen LogP contribution in [0.15, 0.2) is 60.8 Å². The molecule has 0 aliphatic carbocycles. The summed E-state index contributed by atoms with van der Waals surface area (Å²) in [5.74, 6) is -2.18. The summed E-state index contributed by atoms with van der Waals surface area (Å²) in [6.07, 6.45) is 73.3. The average Bonchev–Trinajstić information content (AvgIpc) is 1.25. The van der Waals surface area contributed by atoms with E-state index in [1.807, 2.05) is 0 Å². The third-order valence-corrected chi connectivity index (χ3v) is 19.3. The molecule has 0 heterocycles. The molecule has 0 aliphatic rings. The molecular formula is C81H148O17P2. The van der Waals surface area contributed by atoms with Crippen molar-refractivity contribution in [3.05, 3.63) is 60.8 Å². The van der Waals surface area contributed by atoms with Gasteiger partial charge in [0, 0.05) is 25.7 Å². The molecule has 0 aromatic heterocycles. The number of allylic oxidation sites excluding steroid dienone is 10. The van der Waals surface area contributed by atoms with Gasteiger partial charge in [-0.3, -0.25) is 37.3 Å². The van der Waals surface area contributed by atoms with Crippen LogP contribution in [0.4, 0.5) is 0 Å². The maximum Gasteiger partial charge on any atom is 0.472 e.